The summed E-state index contributed by atoms with van der Waals surface area (Å²) in [5.74, 6) is -4.94. The molecule has 1 saturated heterocycles. The van der Waals surface area contributed by atoms with E-state index in [-0.39, 0.29) is 12.6 Å². The number of pyridine rings is 1. The molecular weight excluding hydrogens is 584 g/mol. The Hall–Kier alpha value is -3.80. The fourth-order valence-electron chi connectivity index (χ4n) is 4.83. The minimum absolute atomic E-state index is 0.0587. The molecule has 1 saturated carbocycles. The lowest BCUT2D eigenvalue weighted by atomic mass is 10.0. The highest BCUT2D eigenvalue weighted by atomic mass is 19.4. The zero-order valence-electron chi connectivity index (χ0n) is 21.9. The first-order valence-corrected chi connectivity index (χ1v) is 12.6. The van der Waals surface area contributed by atoms with Crippen LogP contribution in [-0.4, -0.2) is 77.4 Å². The number of halogens is 6. The fourth-order valence-corrected chi connectivity index (χ4v) is 4.83. The third kappa shape index (κ3) is 8.37. The normalized spacial score (nSPS) is 20.7. The number of rotatable bonds is 3. The Morgan fingerprint density at radius 2 is 1.60 bits per heavy atom. The van der Waals surface area contributed by atoms with Gasteiger partial charge < -0.3 is 14.9 Å². The van der Waals surface area contributed by atoms with Crippen LogP contribution in [0.15, 0.2) is 34.1 Å². The van der Waals surface area contributed by atoms with E-state index in [0.29, 0.717) is 12.4 Å². The smallest absolute Gasteiger partial charge is 0.475 e. The van der Waals surface area contributed by atoms with Crippen molar-refractivity contribution in [2.75, 3.05) is 13.1 Å². The van der Waals surface area contributed by atoms with Crippen LogP contribution in [0.25, 0.3) is 0 Å². The average Bonchev–Trinajstić information content (AvgIpc) is 3.58. The van der Waals surface area contributed by atoms with E-state index in [1.165, 1.54) is 4.68 Å². The van der Waals surface area contributed by atoms with E-state index in [1.54, 1.807) is 10.8 Å². The number of nitrogens with zero attached hydrogens (tertiary/aromatic N) is 5. The van der Waals surface area contributed by atoms with E-state index in [2.05, 4.69) is 21.0 Å². The van der Waals surface area contributed by atoms with Crippen LogP contribution < -0.4 is 11.1 Å². The summed E-state index contributed by atoms with van der Waals surface area (Å²) in [4.78, 5) is 49.7. The van der Waals surface area contributed by atoms with Crippen LogP contribution in [0.4, 0.5) is 26.3 Å². The van der Waals surface area contributed by atoms with Crippen molar-refractivity contribution in [1.82, 2.24) is 24.2 Å². The van der Waals surface area contributed by atoms with E-state index in [4.69, 9.17) is 24.5 Å². The van der Waals surface area contributed by atoms with E-state index in [1.807, 2.05) is 12.3 Å². The number of carbonyl (C=O) groups is 2. The quantitative estimate of drug-likeness (QED) is 0.390. The molecule has 2 aromatic rings. The van der Waals surface area contributed by atoms with Gasteiger partial charge in [0.05, 0.1) is 12.6 Å². The summed E-state index contributed by atoms with van der Waals surface area (Å²) in [7, 11) is 0. The van der Waals surface area contributed by atoms with Gasteiger partial charge in [0, 0.05) is 32.0 Å². The highest BCUT2D eigenvalue weighted by molar-refractivity contribution is 5.73. The third-order valence-corrected chi connectivity index (χ3v) is 6.80. The molecule has 0 radical (unpaired) electrons. The number of alkyl halides is 6. The maximum atomic E-state index is 12.8. The Kier molecular flexibility index (Phi) is 10.1. The van der Waals surface area contributed by atoms with Crippen LogP contribution >= 0.6 is 0 Å². The average molecular weight is 611 g/mol. The second kappa shape index (κ2) is 13.0. The number of hydrogen-bond acceptors (Lipinski definition) is 8. The predicted molar refractivity (Wildman–Crippen MR) is 129 cm³/mol. The molecule has 2 aromatic heterocycles. The number of aliphatic carboxylic acids is 2. The van der Waals surface area contributed by atoms with E-state index in [0.717, 1.165) is 57.3 Å². The highest BCUT2D eigenvalue weighted by Crippen LogP contribution is 2.32. The molecular formula is C24H27F6N5O7. The molecule has 0 amide bonds. The summed E-state index contributed by atoms with van der Waals surface area (Å²) in [6.45, 7) is 3.12. The van der Waals surface area contributed by atoms with Crippen molar-refractivity contribution >= 4 is 11.9 Å². The molecule has 0 bridgehead atoms. The summed E-state index contributed by atoms with van der Waals surface area (Å²) < 4.78 is 72.7. The molecule has 42 heavy (non-hydrogen) atoms. The number of aromatic nitrogens is 4. The Labute approximate surface area is 233 Å². The molecule has 3 aliphatic rings. The number of carboxylic acids is 2. The van der Waals surface area contributed by atoms with Crippen molar-refractivity contribution in [2.24, 2.45) is 0 Å². The summed E-state index contributed by atoms with van der Waals surface area (Å²) in [5, 5.41) is 18.8. The van der Waals surface area contributed by atoms with Gasteiger partial charge in [0.1, 0.15) is 12.2 Å². The van der Waals surface area contributed by atoms with Gasteiger partial charge in [-0.1, -0.05) is 18.9 Å². The van der Waals surface area contributed by atoms with Crippen molar-refractivity contribution in [3.05, 3.63) is 56.6 Å². The van der Waals surface area contributed by atoms with Crippen LogP contribution in [-0.2, 0) is 34.0 Å². The van der Waals surface area contributed by atoms with Gasteiger partial charge >= 0.3 is 35.4 Å². The molecule has 232 valence electrons. The van der Waals surface area contributed by atoms with Gasteiger partial charge in [0.25, 0.3) is 0 Å². The minimum Gasteiger partial charge on any atom is -0.475 e. The monoisotopic (exact) mass is 611 g/mol. The minimum atomic E-state index is -5.08. The first-order chi connectivity index (χ1) is 19.5. The second-order valence-electron chi connectivity index (χ2n) is 9.89. The molecule has 4 heterocycles. The van der Waals surface area contributed by atoms with Gasteiger partial charge in [0.2, 0.25) is 0 Å². The lowest BCUT2D eigenvalue weighted by molar-refractivity contribution is -0.193. The van der Waals surface area contributed by atoms with Gasteiger partial charge in [-0.15, -0.1) is 0 Å². The van der Waals surface area contributed by atoms with Gasteiger partial charge in [-0.25, -0.2) is 14.3 Å². The number of likely N-dealkylation sites (tertiary alicyclic amines) is 1. The Balaban J connectivity index is 0.000000289. The van der Waals surface area contributed by atoms with Crippen molar-refractivity contribution in [3.8, 4) is 0 Å². The number of hydrogen-bond donors (Lipinski definition) is 2. The van der Waals surface area contributed by atoms with Crippen LogP contribution in [0, 0.1) is 0 Å². The molecule has 1 atom stereocenters. The summed E-state index contributed by atoms with van der Waals surface area (Å²) in [5.41, 5.74) is -0.204. The molecule has 1 spiro atoms. The van der Waals surface area contributed by atoms with Gasteiger partial charge in [-0.3, -0.25) is 24.0 Å². The zero-order chi connectivity index (χ0) is 31.3. The number of ether oxygens (including phenoxy) is 1. The zero-order valence-corrected chi connectivity index (χ0v) is 21.9. The van der Waals surface area contributed by atoms with E-state index in [9.17, 15) is 35.9 Å². The Morgan fingerprint density at radius 3 is 2.12 bits per heavy atom. The van der Waals surface area contributed by atoms with E-state index >= 15 is 0 Å². The molecule has 1 unspecified atom stereocenters. The molecule has 5 rings (SSSR count). The Bertz CT molecular complexity index is 1350. The second-order valence-corrected chi connectivity index (χ2v) is 9.89. The van der Waals surface area contributed by atoms with Crippen molar-refractivity contribution in [2.45, 2.75) is 75.8 Å². The molecule has 18 heteroatoms. The first-order valence-electron chi connectivity index (χ1n) is 12.6. The van der Waals surface area contributed by atoms with Gasteiger partial charge in [-0.2, -0.15) is 31.4 Å². The van der Waals surface area contributed by atoms with Gasteiger partial charge in [-0.05, 0) is 30.9 Å². The topological polar surface area (TPSA) is 157 Å². The third-order valence-electron chi connectivity index (χ3n) is 6.80. The van der Waals surface area contributed by atoms with Crippen molar-refractivity contribution < 1.29 is 50.9 Å². The lowest BCUT2D eigenvalue weighted by Crippen LogP contribution is -2.53. The molecule has 0 aromatic carbocycles. The van der Waals surface area contributed by atoms with E-state index < -0.39 is 41.0 Å². The highest BCUT2D eigenvalue weighted by Gasteiger charge is 2.43. The van der Waals surface area contributed by atoms with Gasteiger partial charge in [0.15, 0.2) is 5.82 Å². The Morgan fingerprint density at radius 1 is 1.00 bits per heavy atom. The number of fused-ring (bicyclic) bond motifs is 1. The summed E-state index contributed by atoms with van der Waals surface area (Å²) in [6.07, 6.45) is -1.67. The van der Waals surface area contributed by atoms with Crippen molar-refractivity contribution in [1.29, 1.82) is 0 Å². The molecule has 2 fully saturated rings. The maximum Gasteiger partial charge on any atom is 0.490 e. The number of carboxylic acid groups (broad SMARTS) is 2. The molecule has 12 nitrogen and oxygen atoms in total. The first kappa shape index (κ1) is 32.7. The summed E-state index contributed by atoms with van der Waals surface area (Å²) in [6, 6.07) is 4.06. The van der Waals surface area contributed by atoms with Crippen LogP contribution in [0.2, 0.25) is 0 Å². The van der Waals surface area contributed by atoms with Crippen molar-refractivity contribution in [3.63, 3.8) is 0 Å². The SMILES string of the molecule is O=C(O)C(F)(F)F.O=C(O)C(F)(F)F.O=c1c(=O)n2c(nn1C1CCCC1)COC1(CCN(Cc3cccnc3)C1)C2. The molecule has 2 aliphatic heterocycles. The largest absolute Gasteiger partial charge is 0.490 e. The van der Waals surface area contributed by atoms with Crippen LogP contribution in [0.3, 0.4) is 0 Å². The summed E-state index contributed by atoms with van der Waals surface area (Å²) >= 11 is 0. The maximum absolute atomic E-state index is 12.8. The predicted octanol–water partition coefficient (Wildman–Crippen LogP) is 2.36. The molecule has 2 N–H and O–H groups in total. The molecule has 1 aliphatic carbocycles. The standard InChI is InChI=1S/C20H25N5O3.2C2HF3O2/c26-18-19(27)25(16-5-1-2-6-16)22-17-12-28-20(14-24(17)18)7-9-23(13-20)11-15-4-3-8-21-10-15;2*3-2(4,5)1(6)7/h3-4,8,10,16H,1-2,5-7,9,11-14H2;2*(H,6,7). The van der Waals surface area contributed by atoms with Crippen LogP contribution in [0.5, 0.6) is 0 Å². The lowest BCUT2D eigenvalue weighted by Gasteiger charge is -2.35. The van der Waals surface area contributed by atoms with Crippen LogP contribution in [0.1, 0.15) is 49.5 Å². The fraction of sp³-hybridized carbons (Fsp3) is 0.583.